The number of nitriles is 1. The zero-order valence-electron chi connectivity index (χ0n) is 16.5. The van der Waals surface area contributed by atoms with Crippen LogP contribution >= 0.6 is 0 Å². The summed E-state index contributed by atoms with van der Waals surface area (Å²) in [7, 11) is 0. The van der Waals surface area contributed by atoms with E-state index in [0.29, 0.717) is 23.6 Å². The van der Waals surface area contributed by atoms with Crippen molar-refractivity contribution in [2.24, 2.45) is 0 Å². The van der Waals surface area contributed by atoms with Gasteiger partial charge in [-0.2, -0.15) is 18.4 Å². The van der Waals surface area contributed by atoms with Gasteiger partial charge in [-0.25, -0.2) is 0 Å². The molecule has 0 aliphatic heterocycles. The van der Waals surface area contributed by atoms with Gasteiger partial charge >= 0.3 is 6.18 Å². The van der Waals surface area contributed by atoms with Crippen LogP contribution in [0.3, 0.4) is 0 Å². The summed E-state index contributed by atoms with van der Waals surface area (Å²) in [6, 6.07) is 10.1. The van der Waals surface area contributed by atoms with E-state index in [4.69, 9.17) is 5.26 Å². The van der Waals surface area contributed by atoms with Crippen molar-refractivity contribution in [3.05, 3.63) is 64.2 Å². The van der Waals surface area contributed by atoms with E-state index in [2.05, 4.69) is 36.7 Å². The van der Waals surface area contributed by atoms with Crippen LogP contribution in [0.25, 0.3) is 0 Å². The van der Waals surface area contributed by atoms with Gasteiger partial charge < -0.3 is 10.0 Å². The molecular formula is C23H23F3N2O. The van der Waals surface area contributed by atoms with E-state index in [-0.39, 0.29) is 5.56 Å². The second-order valence-electron chi connectivity index (χ2n) is 6.59. The maximum Gasteiger partial charge on any atom is 0.417 e. The Morgan fingerprint density at radius 2 is 1.66 bits per heavy atom. The third-order valence-corrected chi connectivity index (χ3v) is 4.69. The monoisotopic (exact) mass is 400 g/mol. The topological polar surface area (TPSA) is 47.3 Å². The van der Waals surface area contributed by atoms with Crippen molar-refractivity contribution in [2.75, 3.05) is 19.6 Å². The molecule has 0 unspecified atom stereocenters. The fourth-order valence-electron chi connectivity index (χ4n) is 3.04. The second kappa shape index (κ2) is 10.0. The summed E-state index contributed by atoms with van der Waals surface area (Å²) < 4.78 is 39.7. The lowest BCUT2D eigenvalue weighted by atomic mass is 9.99. The number of halogens is 3. The highest BCUT2D eigenvalue weighted by Crippen LogP contribution is 2.33. The van der Waals surface area contributed by atoms with Crippen LogP contribution in [0.2, 0.25) is 0 Å². The molecule has 2 aromatic carbocycles. The van der Waals surface area contributed by atoms with Gasteiger partial charge in [0.25, 0.3) is 0 Å². The number of phenols is 1. The SMILES string of the molecule is CCN(CC)CCCc1cc(C#N)ccc1C#Cc1ccc(O)cc1C(F)(F)F. The fourth-order valence-corrected chi connectivity index (χ4v) is 3.04. The minimum Gasteiger partial charge on any atom is -0.508 e. The van der Waals surface area contributed by atoms with Crippen molar-refractivity contribution in [3.63, 3.8) is 0 Å². The minimum absolute atomic E-state index is 0.200. The molecule has 1 N–H and O–H groups in total. The summed E-state index contributed by atoms with van der Waals surface area (Å²) in [5.41, 5.74) is 0.769. The molecule has 152 valence electrons. The van der Waals surface area contributed by atoms with Crippen LogP contribution in [-0.4, -0.2) is 29.6 Å². The molecule has 0 radical (unpaired) electrons. The molecule has 0 aliphatic carbocycles. The van der Waals surface area contributed by atoms with Gasteiger partial charge in [-0.1, -0.05) is 25.7 Å². The Hall–Kier alpha value is -2.96. The molecule has 0 spiro atoms. The molecule has 0 amide bonds. The third-order valence-electron chi connectivity index (χ3n) is 4.69. The summed E-state index contributed by atoms with van der Waals surface area (Å²) >= 11 is 0. The molecule has 6 heteroatoms. The van der Waals surface area contributed by atoms with Crippen molar-refractivity contribution in [3.8, 4) is 23.7 Å². The average molecular weight is 400 g/mol. The fraction of sp³-hybridized carbons (Fsp3) is 0.348. The molecule has 29 heavy (non-hydrogen) atoms. The molecule has 0 saturated heterocycles. The molecule has 0 bridgehead atoms. The van der Waals surface area contributed by atoms with Crippen LogP contribution in [-0.2, 0) is 12.6 Å². The van der Waals surface area contributed by atoms with E-state index in [0.717, 1.165) is 37.7 Å². The number of phenolic OH excluding ortho intramolecular Hbond substituents is 1. The van der Waals surface area contributed by atoms with Crippen LogP contribution in [0.4, 0.5) is 13.2 Å². The van der Waals surface area contributed by atoms with Crippen molar-refractivity contribution in [1.82, 2.24) is 4.90 Å². The molecule has 2 aromatic rings. The van der Waals surface area contributed by atoms with E-state index < -0.39 is 17.5 Å². The lowest BCUT2D eigenvalue weighted by molar-refractivity contribution is -0.137. The lowest BCUT2D eigenvalue weighted by Crippen LogP contribution is -2.24. The highest BCUT2D eigenvalue weighted by atomic mass is 19.4. The van der Waals surface area contributed by atoms with Gasteiger partial charge in [0.15, 0.2) is 0 Å². The summed E-state index contributed by atoms with van der Waals surface area (Å²) in [6.07, 6.45) is -3.07. The first-order valence-electron chi connectivity index (χ1n) is 9.46. The zero-order valence-corrected chi connectivity index (χ0v) is 16.5. The van der Waals surface area contributed by atoms with Crippen molar-refractivity contribution in [1.29, 1.82) is 5.26 Å². The van der Waals surface area contributed by atoms with Crippen LogP contribution < -0.4 is 0 Å². The molecule has 0 aromatic heterocycles. The quantitative estimate of drug-likeness (QED) is 0.698. The van der Waals surface area contributed by atoms with Gasteiger partial charge in [-0.15, -0.1) is 0 Å². The number of aryl methyl sites for hydroxylation is 1. The number of alkyl halides is 3. The van der Waals surface area contributed by atoms with E-state index in [1.807, 2.05) is 0 Å². The smallest absolute Gasteiger partial charge is 0.417 e. The number of hydrogen-bond acceptors (Lipinski definition) is 3. The van der Waals surface area contributed by atoms with E-state index in [9.17, 15) is 18.3 Å². The van der Waals surface area contributed by atoms with Crippen molar-refractivity contribution >= 4 is 0 Å². The van der Waals surface area contributed by atoms with Gasteiger partial charge in [0.05, 0.1) is 17.2 Å². The Kier molecular flexibility index (Phi) is 7.70. The summed E-state index contributed by atoms with van der Waals surface area (Å²) in [5, 5.41) is 18.5. The Labute approximate surface area is 169 Å². The highest BCUT2D eigenvalue weighted by molar-refractivity contribution is 5.53. The Balaban J connectivity index is 2.34. The number of benzene rings is 2. The first-order chi connectivity index (χ1) is 13.8. The first kappa shape index (κ1) is 22.3. The molecular weight excluding hydrogens is 377 g/mol. The van der Waals surface area contributed by atoms with Crippen LogP contribution in [0.1, 0.15) is 48.1 Å². The number of nitrogens with zero attached hydrogens (tertiary/aromatic N) is 2. The maximum absolute atomic E-state index is 13.2. The summed E-state index contributed by atoms with van der Waals surface area (Å²) in [4.78, 5) is 2.28. The van der Waals surface area contributed by atoms with Crippen LogP contribution in [0, 0.1) is 23.2 Å². The normalized spacial score (nSPS) is 11.1. The largest absolute Gasteiger partial charge is 0.508 e. The summed E-state index contributed by atoms with van der Waals surface area (Å²) in [6.45, 7) is 6.97. The Bertz CT molecular complexity index is 945. The van der Waals surface area contributed by atoms with E-state index in [1.165, 1.54) is 6.07 Å². The number of rotatable bonds is 6. The standard InChI is InChI=1S/C23H23F3N2O/c1-3-28(4-2)13-5-6-20-14-17(16-27)7-8-18(20)9-10-19-11-12-21(29)15-22(19)23(24,25)26/h7-8,11-12,14-15,29H,3-6,13H2,1-2H3. The Morgan fingerprint density at radius 3 is 2.28 bits per heavy atom. The van der Waals surface area contributed by atoms with Crippen LogP contribution in [0.5, 0.6) is 5.75 Å². The lowest BCUT2D eigenvalue weighted by Gasteiger charge is -2.17. The average Bonchev–Trinajstić information content (AvgIpc) is 2.70. The van der Waals surface area contributed by atoms with E-state index >= 15 is 0 Å². The summed E-state index contributed by atoms with van der Waals surface area (Å²) in [5.74, 6) is 4.95. The molecule has 0 heterocycles. The Morgan fingerprint density at radius 1 is 1.00 bits per heavy atom. The number of aromatic hydroxyl groups is 1. The van der Waals surface area contributed by atoms with Crippen molar-refractivity contribution < 1.29 is 18.3 Å². The van der Waals surface area contributed by atoms with Crippen molar-refractivity contribution in [2.45, 2.75) is 32.9 Å². The molecule has 0 atom stereocenters. The van der Waals surface area contributed by atoms with Crippen LogP contribution in [0.15, 0.2) is 36.4 Å². The van der Waals surface area contributed by atoms with E-state index in [1.54, 1.807) is 18.2 Å². The van der Waals surface area contributed by atoms with Gasteiger partial charge in [-0.05, 0) is 74.4 Å². The predicted molar refractivity (Wildman–Crippen MR) is 106 cm³/mol. The number of hydrogen-bond donors (Lipinski definition) is 1. The molecule has 3 nitrogen and oxygen atoms in total. The van der Waals surface area contributed by atoms with Gasteiger partial charge in [0, 0.05) is 11.1 Å². The molecule has 0 aliphatic rings. The zero-order chi connectivity index (χ0) is 21.4. The molecule has 0 saturated carbocycles. The first-order valence-corrected chi connectivity index (χ1v) is 9.46. The van der Waals surface area contributed by atoms with Gasteiger partial charge in [-0.3, -0.25) is 0 Å². The maximum atomic E-state index is 13.2. The minimum atomic E-state index is -4.61. The third kappa shape index (κ3) is 6.27. The predicted octanol–water partition coefficient (Wildman–Crippen LogP) is 4.96. The van der Waals surface area contributed by atoms with Gasteiger partial charge in [0.2, 0.25) is 0 Å². The molecule has 2 rings (SSSR count). The van der Waals surface area contributed by atoms with Gasteiger partial charge in [0.1, 0.15) is 5.75 Å². The molecule has 0 fully saturated rings. The highest BCUT2D eigenvalue weighted by Gasteiger charge is 2.33. The second-order valence-corrected chi connectivity index (χ2v) is 6.59.